The zero-order valence-electron chi connectivity index (χ0n) is 17.8. The van der Waals surface area contributed by atoms with Crippen molar-refractivity contribution in [2.45, 2.75) is 57.3 Å². The van der Waals surface area contributed by atoms with Crippen molar-refractivity contribution < 1.29 is 13.9 Å². The number of aromatic nitrogens is 2. The summed E-state index contributed by atoms with van der Waals surface area (Å²) in [6.07, 6.45) is 7.93. The van der Waals surface area contributed by atoms with Crippen molar-refractivity contribution in [2.24, 2.45) is 0 Å². The van der Waals surface area contributed by atoms with E-state index >= 15 is 0 Å². The molecule has 4 aromatic rings. The third-order valence-corrected chi connectivity index (χ3v) is 7.46. The van der Waals surface area contributed by atoms with Gasteiger partial charge in [0.15, 0.2) is 0 Å². The number of piperidine rings is 1. The summed E-state index contributed by atoms with van der Waals surface area (Å²) in [6, 6.07) is 11.3. The van der Waals surface area contributed by atoms with E-state index in [0.717, 1.165) is 52.1 Å². The number of carbonyl (C=O) groups is 1. The first kappa shape index (κ1) is 19.7. The monoisotopic (exact) mass is 448 g/mol. The number of nitrogens with one attached hydrogen (secondary N) is 1. The molecule has 0 aliphatic carbocycles. The summed E-state index contributed by atoms with van der Waals surface area (Å²) in [7, 11) is 0. The predicted molar refractivity (Wildman–Crippen MR) is 123 cm³/mol. The Labute approximate surface area is 189 Å². The van der Waals surface area contributed by atoms with Crippen LogP contribution in [0.5, 0.6) is 10.9 Å². The fourth-order valence-corrected chi connectivity index (χ4v) is 6.04. The number of ether oxygens (including phenoxy) is 1. The molecule has 6 rings (SSSR count). The highest BCUT2D eigenvalue weighted by molar-refractivity contribution is 7.20. The van der Waals surface area contributed by atoms with Crippen molar-refractivity contribution >= 4 is 38.4 Å². The number of rotatable bonds is 5. The molecular weight excluding hydrogens is 424 g/mol. The van der Waals surface area contributed by atoms with Gasteiger partial charge in [0.25, 0.3) is 5.19 Å². The first-order valence-electron chi connectivity index (χ1n) is 11.0. The molecule has 164 valence electrons. The molecule has 2 fully saturated rings. The van der Waals surface area contributed by atoms with Crippen molar-refractivity contribution in [2.75, 3.05) is 0 Å². The molecule has 1 unspecified atom stereocenters. The molecule has 3 atom stereocenters. The predicted octanol–water partition coefficient (Wildman–Crippen LogP) is 4.86. The molecule has 8 heteroatoms. The average Bonchev–Trinajstić information content (AvgIpc) is 3.41. The largest absolute Gasteiger partial charge is 0.460 e. The standard InChI is InChI=1S/C24H24N4O3S/c1-14(29)26-16-10-17-2-3-18(11-16)28(17)13-20-9-15-8-19(4-5-22(15)30-20)31-24-27-21-12-25-7-6-23(21)32-24/h4-9,12,16-18H,2-3,10-11,13H2,1H3,(H,26,29)/t16?,17-,18+. The molecule has 1 aromatic carbocycles. The Morgan fingerprint density at radius 3 is 2.88 bits per heavy atom. The van der Waals surface area contributed by atoms with Crippen LogP contribution >= 0.6 is 11.3 Å². The fraction of sp³-hybridized carbons (Fsp3) is 0.375. The number of furan rings is 1. The van der Waals surface area contributed by atoms with Gasteiger partial charge in [-0.1, -0.05) is 11.3 Å². The maximum Gasteiger partial charge on any atom is 0.279 e. The van der Waals surface area contributed by atoms with Crippen LogP contribution in [0.25, 0.3) is 21.2 Å². The van der Waals surface area contributed by atoms with Crippen LogP contribution in [0.1, 0.15) is 38.4 Å². The van der Waals surface area contributed by atoms with E-state index in [4.69, 9.17) is 9.15 Å². The van der Waals surface area contributed by atoms with E-state index in [0.29, 0.717) is 23.3 Å². The quantitative estimate of drug-likeness (QED) is 0.470. The van der Waals surface area contributed by atoms with Gasteiger partial charge in [0.1, 0.15) is 22.6 Å². The molecule has 5 heterocycles. The summed E-state index contributed by atoms with van der Waals surface area (Å²) < 4.78 is 13.2. The molecule has 32 heavy (non-hydrogen) atoms. The summed E-state index contributed by atoms with van der Waals surface area (Å²) in [5.41, 5.74) is 1.71. The molecule has 1 amide bonds. The fourth-order valence-electron chi connectivity index (χ4n) is 5.24. The van der Waals surface area contributed by atoms with E-state index in [1.807, 2.05) is 24.3 Å². The van der Waals surface area contributed by atoms with Crippen LogP contribution < -0.4 is 10.1 Å². The number of nitrogens with zero attached hydrogens (tertiary/aromatic N) is 3. The SMILES string of the molecule is CC(=O)NC1C[C@H]2CC[C@@H](C1)N2Cc1cc2cc(Oc3nc4cnccc4s3)ccc2o1. The second kappa shape index (κ2) is 7.86. The Morgan fingerprint density at radius 1 is 1.25 bits per heavy atom. The van der Waals surface area contributed by atoms with Crippen molar-refractivity contribution in [1.82, 2.24) is 20.2 Å². The second-order valence-electron chi connectivity index (χ2n) is 8.76. The van der Waals surface area contributed by atoms with Gasteiger partial charge in [0.2, 0.25) is 5.91 Å². The topological polar surface area (TPSA) is 80.5 Å². The first-order valence-corrected chi connectivity index (χ1v) is 11.9. The summed E-state index contributed by atoms with van der Waals surface area (Å²) in [5.74, 6) is 1.78. The lowest BCUT2D eigenvalue weighted by Crippen LogP contribution is -2.49. The van der Waals surface area contributed by atoms with Crippen LogP contribution in [0.4, 0.5) is 0 Å². The lowest BCUT2D eigenvalue weighted by Gasteiger charge is -2.38. The van der Waals surface area contributed by atoms with Gasteiger partial charge in [-0.2, -0.15) is 0 Å². The van der Waals surface area contributed by atoms with Crippen LogP contribution in [0, 0.1) is 0 Å². The third-order valence-electron chi connectivity index (χ3n) is 6.54. The van der Waals surface area contributed by atoms with E-state index in [1.54, 1.807) is 19.3 Å². The second-order valence-corrected chi connectivity index (χ2v) is 9.76. The third kappa shape index (κ3) is 3.73. The summed E-state index contributed by atoms with van der Waals surface area (Å²) >= 11 is 1.51. The van der Waals surface area contributed by atoms with Gasteiger partial charge in [-0.05, 0) is 56.0 Å². The highest BCUT2D eigenvalue weighted by Crippen LogP contribution is 2.38. The normalized spacial score (nSPS) is 23.1. The highest BCUT2D eigenvalue weighted by Gasteiger charge is 2.41. The van der Waals surface area contributed by atoms with E-state index in [2.05, 4.69) is 26.3 Å². The molecule has 2 bridgehead atoms. The minimum atomic E-state index is 0.0701. The number of carbonyl (C=O) groups excluding carboxylic acids is 1. The number of thiazole rings is 1. The Morgan fingerprint density at radius 2 is 2.09 bits per heavy atom. The van der Waals surface area contributed by atoms with Gasteiger partial charge in [0.05, 0.1) is 17.4 Å². The zero-order valence-corrected chi connectivity index (χ0v) is 18.6. The highest BCUT2D eigenvalue weighted by atomic mass is 32.1. The lowest BCUT2D eigenvalue weighted by atomic mass is 9.97. The molecule has 1 N–H and O–H groups in total. The van der Waals surface area contributed by atoms with Crippen LogP contribution in [0.2, 0.25) is 0 Å². The van der Waals surface area contributed by atoms with Gasteiger partial charge >= 0.3 is 0 Å². The smallest absolute Gasteiger partial charge is 0.279 e. The molecule has 2 aliphatic rings. The zero-order chi connectivity index (χ0) is 21.7. The Kier molecular flexibility index (Phi) is 4.84. The lowest BCUT2D eigenvalue weighted by molar-refractivity contribution is -0.120. The average molecular weight is 449 g/mol. The number of pyridine rings is 1. The van der Waals surface area contributed by atoms with Gasteiger partial charge in [0, 0.05) is 36.6 Å². The summed E-state index contributed by atoms with van der Waals surface area (Å²) in [5, 5.41) is 4.75. The maximum atomic E-state index is 11.4. The van der Waals surface area contributed by atoms with Crippen LogP contribution in [0.3, 0.4) is 0 Å². The van der Waals surface area contributed by atoms with Crippen LogP contribution in [-0.2, 0) is 11.3 Å². The molecule has 2 aliphatic heterocycles. The first-order chi connectivity index (χ1) is 15.6. The number of hydrogen-bond acceptors (Lipinski definition) is 7. The number of fused-ring (bicyclic) bond motifs is 4. The Balaban J connectivity index is 1.17. The number of benzene rings is 1. The van der Waals surface area contributed by atoms with E-state index in [-0.39, 0.29) is 5.91 Å². The maximum absolute atomic E-state index is 11.4. The van der Waals surface area contributed by atoms with Gasteiger partial charge in [-0.3, -0.25) is 14.7 Å². The molecule has 0 spiro atoms. The molecule has 2 saturated heterocycles. The molecule has 0 radical (unpaired) electrons. The van der Waals surface area contributed by atoms with Crippen LogP contribution in [0.15, 0.2) is 47.1 Å². The Hall–Kier alpha value is -2.97. The summed E-state index contributed by atoms with van der Waals surface area (Å²) in [6.45, 7) is 2.41. The van der Waals surface area contributed by atoms with Crippen LogP contribution in [-0.4, -0.2) is 38.9 Å². The minimum absolute atomic E-state index is 0.0701. The van der Waals surface area contributed by atoms with Crippen molar-refractivity contribution in [1.29, 1.82) is 0 Å². The van der Waals surface area contributed by atoms with Gasteiger partial charge in [-0.25, -0.2) is 4.98 Å². The molecular formula is C24H24N4O3S. The van der Waals surface area contributed by atoms with E-state index in [1.165, 1.54) is 24.2 Å². The molecule has 3 aromatic heterocycles. The molecule has 7 nitrogen and oxygen atoms in total. The van der Waals surface area contributed by atoms with Crippen molar-refractivity contribution in [3.63, 3.8) is 0 Å². The van der Waals surface area contributed by atoms with Crippen molar-refractivity contribution in [3.8, 4) is 10.9 Å². The number of amides is 1. The van der Waals surface area contributed by atoms with Gasteiger partial charge < -0.3 is 14.5 Å². The van der Waals surface area contributed by atoms with E-state index < -0.39 is 0 Å². The van der Waals surface area contributed by atoms with E-state index in [9.17, 15) is 4.79 Å². The minimum Gasteiger partial charge on any atom is -0.460 e. The summed E-state index contributed by atoms with van der Waals surface area (Å²) in [4.78, 5) is 22.6. The Bertz CT molecular complexity index is 1250. The number of hydrogen-bond donors (Lipinski definition) is 1. The molecule has 0 saturated carbocycles. The van der Waals surface area contributed by atoms with Gasteiger partial charge in [-0.15, -0.1) is 0 Å². The van der Waals surface area contributed by atoms with Crippen molar-refractivity contribution in [3.05, 3.63) is 48.5 Å².